The van der Waals surface area contributed by atoms with Crippen LogP contribution >= 0.6 is 0 Å². The fourth-order valence-corrected chi connectivity index (χ4v) is 1.21. The van der Waals surface area contributed by atoms with Crippen molar-refractivity contribution in [1.82, 2.24) is 10.2 Å². The van der Waals surface area contributed by atoms with Crippen LogP contribution in [0.1, 0.15) is 23.0 Å². The number of nitrogens with zero attached hydrogens (tertiary/aromatic N) is 1. The van der Waals surface area contributed by atoms with Gasteiger partial charge >= 0.3 is 0 Å². The highest BCUT2D eigenvalue weighted by atomic mass is 16.3. The maximum absolute atomic E-state index is 9.77. The number of hydrogen-bond donors (Lipinski definition) is 2. The largest absolute Gasteiger partial charge is 0.469 e. The molecule has 1 unspecified atom stereocenters. The van der Waals surface area contributed by atoms with Gasteiger partial charge in [0.1, 0.15) is 11.9 Å². The quantitative estimate of drug-likeness (QED) is 0.730. The van der Waals surface area contributed by atoms with Gasteiger partial charge in [-0.2, -0.15) is 5.10 Å². The first kappa shape index (κ1) is 8.07. The molecule has 4 heteroatoms. The summed E-state index contributed by atoms with van der Waals surface area (Å²) in [5.41, 5.74) is 1.49. The van der Waals surface area contributed by atoms with Crippen molar-refractivity contribution >= 4 is 0 Å². The summed E-state index contributed by atoms with van der Waals surface area (Å²) in [5, 5.41) is 16.2. The third-order valence-corrected chi connectivity index (χ3v) is 1.90. The Bertz CT molecular complexity index is 378. The minimum absolute atomic E-state index is 0.656. The van der Waals surface area contributed by atoms with Crippen molar-refractivity contribution < 1.29 is 9.52 Å². The number of nitrogens with one attached hydrogen (secondary N) is 1. The number of furan rings is 1. The minimum Gasteiger partial charge on any atom is -0.469 e. The molecular formula is C9H10N2O2. The first-order valence-corrected chi connectivity index (χ1v) is 3.99. The fraction of sp³-hybridized carbons (Fsp3) is 0.222. The van der Waals surface area contributed by atoms with Gasteiger partial charge in [-0.15, -0.1) is 0 Å². The lowest BCUT2D eigenvalue weighted by Gasteiger charge is -2.03. The standard InChI is InChI=1S/C9H10N2O2/c1-6-2-7(5-13-6)9(12)8-3-10-11-4-8/h2-5,9,12H,1H3,(H,10,11). The first-order valence-electron chi connectivity index (χ1n) is 3.99. The molecule has 0 saturated carbocycles. The van der Waals surface area contributed by atoms with Crippen LogP contribution in [-0.4, -0.2) is 15.3 Å². The number of aryl methyl sites for hydroxylation is 1. The van der Waals surface area contributed by atoms with Crippen molar-refractivity contribution in [2.24, 2.45) is 0 Å². The Kier molecular flexibility index (Phi) is 1.90. The second-order valence-corrected chi connectivity index (χ2v) is 2.92. The topological polar surface area (TPSA) is 62.1 Å². The van der Waals surface area contributed by atoms with Gasteiger partial charge in [-0.3, -0.25) is 5.10 Å². The Morgan fingerprint density at radius 2 is 2.38 bits per heavy atom. The minimum atomic E-state index is -0.656. The maximum atomic E-state index is 9.77. The molecule has 0 bridgehead atoms. The second kappa shape index (κ2) is 3.06. The molecule has 0 aliphatic carbocycles. The number of aromatic amines is 1. The van der Waals surface area contributed by atoms with Crippen molar-refractivity contribution in [1.29, 1.82) is 0 Å². The smallest absolute Gasteiger partial charge is 0.110 e. The molecule has 1 atom stereocenters. The molecule has 68 valence electrons. The molecule has 0 aromatic carbocycles. The Morgan fingerprint density at radius 1 is 1.54 bits per heavy atom. The summed E-state index contributed by atoms with van der Waals surface area (Å²) in [6.45, 7) is 1.84. The average Bonchev–Trinajstić information content (AvgIpc) is 2.72. The predicted molar refractivity (Wildman–Crippen MR) is 46.1 cm³/mol. The summed E-state index contributed by atoms with van der Waals surface area (Å²) in [4.78, 5) is 0. The second-order valence-electron chi connectivity index (χ2n) is 2.92. The van der Waals surface area contributed by atoms with E-state index in [0.29, 0.717) is 0 Å². The van der Waals surface area contributed by atoms with Gasteiger partial charge in [0, 0.05) is 17.3 Å². The molecule has 0 aliphatic rings. The van der Waals surface area contributed by atoms with E-state index in [1.165, 1.54) is 0 Å². The van der Waals surface area contributed by atoms with Gasteiger partial charge in [-0.1, -0.05) is 0 Å². The summed E-state index contributed by atoms with van der Waals surface area (Å²) in [6.07, 6.45) is 4.14. The molecule has 0 radical (unpaired) electrons. The highest BCUT2D eigenvalue weighted by Gasteiger charge is 2.13. The Labute approximate surface area is 75.2 Å². The first-order chi connectivity index (χ1) is 6.27. The van der Waals surface area contributed by atoms with Gasteiger partial charge in [0.25, 0.3) is 0 Å². The Morgan fingerprint density at radius 3 is 2.92 bits per heavy atom. The summed E-state index contributed by atoms with van der Waals surface area (Å²) in [5.74, 6) is 0.789. The van der Waals surface area contributed by atoms with E-state index in [1.807, 2.05) is 6.92 Å². The number of aliphatic hydroxyl groups excluding tert-OH is 1. The van der Waals surface area contributed by atoms with Crippen LogP contribution in [0.5, 0.6) is 0 Å². The molecule has 2 N–H and O–H groups in total. The molecule has 13 heavy (non-hydrogen) atoms. The van der Waals surface area contributed by atoms with Gasteiger partial charge in [0.2, 0.25) is 0 Å². The number of aliphatic hydroxyl groups is 1. The number of H-pyrrole nitrogens is 1. The molecule has 4 nitrogen and oxygen atoms in total. The summed E-state index contributed by atoms with van der Waals surface area (Å²) in [6, 6.07) is 1.80. The van der Waals surface area contributed by atoms with Crippen molar-refractivity contribution in [2.75, 3.05) is 0 Å². The van der Waals surface area contributed by atoms with Crippen LogP contribution in [-0.2, 0) is 0 Å². The molecule has 2 heterocycles. The molecule has 0 saturated heterocycles. The predicted octanol–water partition coefficient (Wildman–Crippen LogP) is 1.39. The van der Waals surface area contributed by atoms with Crippen molar-refractivity contribution in [3.63, 3.8) is 0 Å². The van der Waals surface area contributed by atoms with Gasteiger partial charge in [0.05, 0.1) is 12.5 Å². The van der Waals surface area contributed by atoms with E-state index in [2.05, 4.69) is 10.2 Å². The lowest BCUT2D eigenvalue weighted by molar-refractivity contribution is 0.219. The monoisotopic (exact) mass is 178 g/mol. The molecule has 2 aromatic rings. The molecule has 0 amide bonds. The molecule has 0 aliphatic heterocycles. The summed E-state index contributed by atoms with van der Waals surface area (Å²) >= 11 is 0. The van der Waals surface area contributed by atoms with Gasteiger partial charge in [-0.25, -0.2) is 0 Å². The van der Waals surface area contributed by atoms with Crippen LogP contribution in [0.4, 0.5) is 0 Å². The summed E-state index contributed by atoms with van der Waals surface area (Å²) < 4.78 is 5.09. The average molecular weight is 178 g/mol. The van der Waals surface area contributed by atoms with Crippen LogP contribution in [0.3, 0.4) is 0 Å². The zero-order chi connectivity index (χ0) is 9.26. The zero-order valence-corrected chi connectivity index (χ0v) is 7.19. The van der Waals surface area contributed by atoms with E-state index in [-0.39, 0.29) is 0 Å². The van der Waals surface area contributed by atoms with E-state index in [1.54, 1.807) is 24.7 Å². The summed E-state index contributed by atoms with van der Waals surface area (Å²) in [7, 11) is 0. The highest BCUT2D eigenvalue weighted by molar-refractivity contribution is 5.24. The Balaban J connectivity index is 2.28. The fourth-order valence-electron chi connectivity index (χ4n) is 1.21. The van der Waals surface area contributed by atoms with E-state index in [9.17, 15) is 5.11 Å². The maximum Gasteiger partial charge on any atom is 0.110 e. The number of rotatable bonds is 2. The van der Waals surface area contributed by atoms with Crippen LogP contribution in [0.25, 0.3) is 0 Å². The van der Waals surface area contributed by atoms with Crippen LogP contribution in [0, 0.1) is 6.92 Å². The lowest BCUT2D eigenvalue weighted by atomic mass is 10.1. The van der Waals surface area contributed by atoms with Gasteiger partial charge < -0.3 is 9.52 Å². The van der Waals surface area contributed by atoms with Crippen molar-refractivity contribution in [3.8, 4) is 0 Å². The molecule has 0 spiro atoms. The molecule has 2 rings (SSSR count). The van der Waals surface area contributed by atoms with E-state index in [0.717, 1.165) is 16.9 Å². The van der Waals surface area contributed by atoms with Crippen LogP contribution in [0.15, 0.2) is 29.1 Å². The Hall–Kier alpha value is -1.55. The third kappa shape index (κ3) is 1.48. The van der Waals surface area contributed by atoms with Gasteiger partial charge in [0.15, 0.2) is 0 Å². The van der Waals surface area contributed by atoms with E-state index in [4.69, 9.17) is 4.42 Å². The van der Waals surface area contributed by atoms with Crippen LogP contribution < -0.4 is 0 Å². The van der Waals surface area contributed by atoms with Crippen molar-refractivity contribution in [2.45, 2.75) is 13.0 Å². The molecule has 2 aromatic heterocycles. The molecule has 0 fully saturated rings. The normalized spacial score (nSPS) is 13.1. The number of aromatic nitrogens is 2. The zero-order valence-electron chi connectivity index (χ0n) is 7.19. The third-order valence-electron chi connectivity index (χ3n) is 1.90. The van der Waals surface area contributed by atoms with Gasteiger partial charge in [-0.05, 0) is 13.0 Å². The molecular weight excluding hydrogens is 168 g/mol. The van der Waals surface area contributed by atoms with Crippen molar-refractivity contribution in [3.05, 3.63) is 41.6 Å². The highest BCUT2D eigenvalue weighted by Crippen LogP contribution is 2.22. The number of hydrogen-bond acceptors (Lipinski definition) is 3. The SMILES string of the molecule is Cc1cc(C(O)c2cn[nH]c2)co1. The lowest BCUT2D eigenvalue weighted by Crippen LogP contribution is -1.95. The van der Waals surface area contributed by atoms with E-state index >= 15 is 0 Å². The van der Waals surface area contributed by atoms with E-state index < -0.39 is 6.10 Å². The van der Waals surface area contributed by atoms with Crippen LogP contribution in [0.2, 0.25) is 0 Å².